The van der Waals surface area contributed by atoms with E-state index in [0.29, 0.717) is 6.42 Å². The Morgan fingerprint density at radius 3 is 2.64 bits per heavy atom. The molecular formula is C12H19NO. The van der Waals surface area contributed by atoms with Crippen molar-refractivity contribution in [3.8, 4) is 0 Å². The molecule has 0 bridgehead atoms. The molecule has 0 aromatic carbocycles. The van der Waals surface area contributed by atoms with Crippen LogP contribution in [0.2, 0.25) is 0 Å². The van der Waals surface area contributed by atoms with Crippen LogP contribution < -0.4 is 0 Å². The minimum absolute atomic E-state index is 0.182. The molecule has 1 aromatic rings. The minimum Gasteiger partial charge on any atom is -0.393 e. The largest absolute Gasteiger partial charge is 0.393 e. The van der Waals surface area contributed by atoms with Crippen LogP contribution in [0.4, 0.5) is 0 Å². The molecule has 14 heavy (non-hydrogen) atoms. The van der Waals surface area contributed by atoms with Crippen molar-refractivity contribution in [1.82, 2.24) is 4.98 Å². The summed E-state index contributed by atoms with van der Waals surface area (Å²) in [5, 5.41) is 9.81. The smallest absolute Gasteiger partial charge is 0.0586 e. The second-order valence-corrected chi connectivity index (χ2v) is 4.98. The summed E-state index contributed by atoms with van der Waals surface area (Å²) >= 11 is 0. The van der Waals surface area contributed by atoms with E-state index in [-0.39, 0.29) is 11.5 Å². The van der Waals surface area contributed by atoms with Crippen LogP contribution in [0.3, 0.4) is 0 Å². The van der Waals surface area contributed by atoms with Gasteiger partial charge >= 0.3 is 0 Å². The summed E-state index contributed by atoms with van der Waals surface area (Å²) in [4.78, 5) is 4.02. The summed E-state index contributed by atoms with van der Waals surface area (Å²) in [6, 6.07) is 3.90. The van der Waals surface area contributed by atoms with Crippen molar-refractivity contribution >= 4 is 0 Å². The first-order valence-corrected chi connectivity index (χ1v) is 5.04. The summed E-state index contributed by atoms with van der Waals surface area (Å²) in [6.45, 7) is 6.42. The molecule has 2 nitrogen and oxygen atoms in total. The zero-order chi connectivity index (χ0) is 10.6. The van der Waals surface area contributed by atoms with Gasteiger partial charge in [0.15, 0.2) is 0 Å². The quantitative estimate of drug-likeness (QED) is 0.799. The van der Waals surface area contributed by atoms with Crippen molar-refractivity contribution in [2.24, 2.45) is 5.41 Å². The van der Waals surface area contributed by atoms with Gasteiger partial charge in [0.2, 0.25) is 0 Å². The van der Waals surface area contributed by atoms with Crippen LogP contribution in [0.1, 0.15) is 32.8 Å². The van der Waals surface area contributed by atoms with Gasteiger partial charge in [0, 0.05) is 12.4 Å². The van der Waals surface area contributed by atoms with Crippen molar-refractivity contribution in [2.45, 2.75) is 39.7 Å². The lowest BCUT2D eigenvalue weighted by Gasteiger charge is -2.22. The van der Waals surface area contributed by atoms with E-state index in [1.54, 1.807) is 6.20 Å². The summed E-state index contributed by atoms with van der Waals surface area (Å²) in [5.41, 5.74) is 1.28. The molecule has 1 rings (SSSR count). The van der Waals surface area contributed by atoms with Gasteiger partial charge in [0.25, 0.3) is 0 Å². The summed E-state index contributed by atoms with van der Waals surface area (Å²) in [6.07, 6.45) is 4.82. The highest BCUT2D eigenvalue weighted by Crippen LogP contribution is 2.22. The van der Waals surface area contributed by atoms with Gasteiger partial charge in [-0.25, -0.2) is 0 Å². The maximum Gasteiger partial charge on any atom is 0.0586 e. The number of hydrogen-bond donors (Lipinski definition) is 1. The molecular weight excluding hydrogens is 174 g/mol. The first-order chi connectivity index (χ1) is 6.47. The van der Waals surface area contributed by atoms with E-state index < -0.39 is 0 Å². The molecule has 1 unspecified atom stereocenters. The molecule has 1 N–H and O–H groups in total. The topological polar surface area (TPSA) is 33.1 Å². The Bertz CT molecular complexity index is 263. The highest BCUT2D eigenvalue weighted by atomic mass is 16.3. The second-order valence-electron chi connectivity index (χ2n) is 4.98. The fraction of sp³-hybridized carbons (Fsp3) is 0.583. The zero-order valence-electron chi connectivity index (χ0n) is 9.20. The van der Waals surface area contributed by atoms with Crippen LogP contribution in [0.15, 0.2) is 24.5 Å². The highest BCUT2D eigenvalue weighted by molar-refractivity contribution is 5.09. The standard InChI is InChI=1S/C12H19NO/c1-12(2,3)8-11(14)7-10-5-4-6-13-9-10/h4-6,9,11,14H,7-8H2,1-3H3. The first-order valence-electron chi connectivity index (χ1n) is 5.04. The highest BCUT2D eigenvalue weighted by Gasteiger charge is 2.16. The normalized spacial score (nSPS) is 14.0. The lowest BCUT2D eigenvalue weighted by atomic mass is 9.87. The Hall–Kier alpha value is -0.890. The molecule has 0 spiro atoms. The summed E-state index contributed by atoms with van der Waals surface area (Å²) in [5.74, 6) is 0. The van der Waals surface area contributed by atoms with Crippen molar-refractivity contribution in [3.05, 3.63) is 30.1 Å². The minimum atomic E-state index is -0.265. The number of rotatable bonds is 3. The van der Waals surface area contributed by atoms with Crippen molar-refractivity contribution in [2.75, 3.05) is 0 Å². The fourth-order valence-corrected chi connectivity index (χ4v) is 1.57. The molecule has 1 aromatic heterocycles. The molecule has 0 aliphatic carbocycles. The van der Waals surface area contributed by atoms with E-state index in [1.807, 2.05) is 18.3 Å². The molecule has 1 heterocycles. The molecule has 0 aliphatic heterocycles. The number of nitrogens with zero attached hydrogens (tertiary/aromatic N) is 1. The van der Waals surface area contributed by atoms with Crippen LogP contribution in [0, 0.1) is 5.41 Å². The third kappa shape index (κ3) is 4.38. The van der Waals surface area contributed by atoms with E-state index in [2.05, 4.69) is 25.8 Å². The van der Waals surface area contributed by atoms with Crippen molar-refractivity contribution in [1.29, 1.82) is 0 Å². The molecule has 0 saturated heterocycles. The summed E-state index contributed by atoms with van der Waals surface area (Å²) < 4.78 is 0. The van der Waals surface area contributed by atoms with Gasteiger partial charge in [-0.2, -0.15) is 0 Å². The predicted molar refractivity (Wildman–Crippen MR) is 58.0 cm³/mol. The molecule has 0 radical (unpaired) electrons. The van der Waals surface area contributed by atoms with Crippen molar-refractivity contribution < 1.29 is 5.11 Å². The molecule has 78 valence electrons. The van der Waals surface area contributed by atoms with Crippen LogP contribution in [0.5, 0.6) is 0 Å². The Morgan fingerprint density at radius 2 is 2.14 bits per heavy atom. The maximum atomic E-state index is 9.81. The van der Waals surface area contributed by atoms with E-state index in [1.165, 1.54) is 0 Å². The number of aliphatic hydroxyl groups excluding tert-OH is 1. The van der Waals surface area contributed by atoms with Crippen molar-refractivity contribution in [3.63, 3.8) is 0 Å². The molecule has 2 heteroatoms. The Balaban J connectivity index is 2.46. The average Bonchev–Trinajstić information content (AvgIpc) is 2.02. The fourth-order valence-electron chi connectivity index (χ4n) is 1.57. The Kier molecular flexibility index (Phi) is 3.64. The number of aliphatic hydroxyl groups is 1. The number of aromatic nitrogens is 1. The zero-order valence-corrected chi connectivity index (χ0v) is 9.20. The van der Waals surface area contributed by atoms with E-state index in [4.69, 9.17) is 0 Å². The second kappa shape index (κ2) is 4.56. The van der Waals surface area contributed by atoms with Gasteiger partial charge in [-0.05, 0) is 29.9 Å². The SMILES string of the molecule is CC(C)(C)CC(O)Cc1cccnc1. The van der Waals surface area contributed by atoms with E-state index >= 15 is 0 Å². The van der Waals surface area contributed by atoms with Gasteiger partial charge in [-0.3, -0.25) is 4.98 Å². The van der Waals surface area contributed by atoms with Crippen LogP contribution in [-0.4, -0.2) is 16.2 Å². The molecule has 0 aliphatic rings. The van der Waals surface area contributed by atoms with E-state index in [0.717, 1.165) is 12.0 Å². The van der Waals surface area contributed by atoms with Gasteiger partial charge in [-0.15, -0.1) is 0 Å². The van der Waals surface area contributed by atoms with Gasteiger partial charge in [-0.1, -0.05) is 26.8 Å². The number of hydrogen-bond acceptors (Lipinski definition) is 2. The lowest BCUT2D eigenvalue weighted by Crippen LogP contribution is -2.19. The first kappa shape index (κ1) is 11.2. The van der Waals surface area contributed by atoms with Gasteiger partial charge < -0.3 is 5.11 Å². The van der Waals surface area contributed by atoms with Crippen LogP contribution >= 0.6 is 0 Å². The Labute approximate surface area is 86.0 Å². The van der Waals surface area contributed by atoms with Gasteiger partial charge in [0.05, 0.1) is 6.10 Å². The third-order valence-electron chi connectivity index (χ3n) is 2.04. The lowest BCUT2D eigenvalue weighted by molar-refractivity contribution is 0.121. The number of pyridine rings is 1. The van der Waals surface area contributed by atoms with Crippen LogP contribution in [0.25, 0.3) is 0 Å². The molecule has 0 amide bonds. The molecule has 1 atom stereocenters. The molecule has 0 fully saturated rings. The summed E-state index contributed by atoms with van der Waals surface area (Å²) in [7, 11) is 0. The monoisotopic (exact) mass is 193 g/mol. The average molecular weight is 193 g/mol. The predicted octanol–water partition coefficient (Wildman–Crippen LogP) is 2.42. The van der Waals surface area contributed by atoms with Crippen LogP contribution in [-0.2, 0) is 6.42 Å². The third-order valence-corrected chi connectivity index (χ3v) is 2.04. The Morgan fingerprint density at radius 1 is 1.43 bits per heavy atom. The maximum absolute atomic E-state index is 9.81. The van der Waals surface area contributed by atoms with E-state index in [9.17, 15) is 5.11 Å². The van der Waals surface area contributed by atoms with Gasteiger partial charge in [0.1, 0.15) is 0 Å². The molecule has 0 saturated carbocycles.